The van der Waals surface area contributed by atoms with Gasteiger partial charge in [0.15, 0.2) is 0 Å². The van der Waals surface area contributed by atoms with Gasteiger partial charge in [0.1, 0.15) is 0 Å². The standard InChI is InChI=1S/5C12H27SSi.C6H14.5Ni.S/c5*1-10(2,3)14(13,11(4,5)6)12(7,8)9;1-3-5-6-4-2;;;;;;/h5*1-9H3;3-6H2,1-2H3;;;;;;/q5*-1;;;;;2*+2;-2. The molecule has 522 valence electrons. The minimum absolute atomic E-state index is 0. The van der Waals surface area contributed by atoms with Gasteiger partial charge in [-0.05, 0) is 0 Å². The molecule has 0 amide bonds. The van der Waals surface area contributed by atoms with Gasteiger partial charge in [-0.3, -0.25) is 0 Å². The van der Waals surface area contributed by atoms with Crippen molar-refractivity contribution in [3.63, 3.8) is 0 Å². The van der Waals surface area contributed by atoms with Gasteiger partial charge in [-0.1, -0.05) is 463 Å². The average Bonchev–Trinajstić information content (AvgIpc) is 3.06. The van der Waals surface area contributed by atoms with Crippen LogP contribution in [0.1, 0.15) is 351 Å². The normalized spacial score (nSPS) is 14.2. The van der Waals surface area contributed by atoms with E-state index in [1.807, 2.05) is 0 Å². The van der Waals surface area contributed by atoms with Gasteiger partial charge in [0.05, 0.1) is 0 Å². The molecule has 0 saturated carbocycles. The van der Waals surface area contributed by atoms with Crippen molar-refractivity contribution in [1.82, 2.24) is 0 Å². The molecule has 0 saturated heterocycles. The van der Waals surface area contributed by atoms with E-state index in [4.69, 9.17) is 60.4 Å². The molecule has 0 atom stereocenters. The zero-order valence-corrected chi connectivity index (χ0v) is 78.7. The summed E-state index contributed by atoms with van der Waals surface area (Å²) in [5, 5.41) is 4.15. The molecule has 82 heavy (non-hydrogen) atoms. The van der Waals surface area contributed by atoms with Crippen molar-refractivity contribution in [3.05, 3.63) is 0 Å². The topological polar surface area (TPSA) is 0 Å². The molecule has 0 aromatic rings. The Morgan fingerprint density at radius 1 is 0.183 bits per heavy atom. The monoisotopic (exact) mass is 1560 g/mol. The molecule has 0 bridgehead atoms. The molecule has 0 radical (unpaired) electrons. The second-order valence-electron chi connectivity index (χ2n) is 38.9. The maximum Gasteiger partial charge on any atom is 2.00 e. The molecule has 0 nitrogen and oxygen atoms in total. The minimum Gasteiger partial charge on any atom is -2.00 e. The van der Waals surface area contributed by atoms with Gasteiger partial charge >= 0.3 is 33.0 Å². The molecule has 0 aliphatic heterocycles. The summed E-state index contributed by atoms with van der Waals surface area (Å²) in [5.41, 5.74) is 0. The van der Waals surface area contributed by atoms with Crippen LogP contribution >= 0.6 is 0 Å². The Labute approximate surface area is 612 Å². The van der Waals surface area contributed by atoms with Crippen molar-refractivity contribution in [2.75, 3.05) is 0 Å². The molecule has 0 aliphatic rings. The summed E-state index contributed by atoms with van der Waals surface area (Å²) in [7, 11) is -8.85. The zero-order chi connectivity index (χ0) is 64.8. The molecule has 0 aromatic carbocycles. The van der Waals surface area contributed by atoms with Crippen molar-refractivity contribution < 1.29 is 82.5 Å². The smallest absolute Gasteiger partial charge is 2.00 e. The van der Waals surface area contributed by atoms with E-state index in [1.165, 1.54) is 25.7 Å². The predicted molar refractivity (Wildman–Crippen MR) is 399 cm³/mol. The molecule has 0 fully saturated rings. The summed E-state index contributed by atoms with van der Waals surface area (Å²) >= 11 is 30.8. The quantitative estimate of drug-likeness (QED) is 0.156. The molecular weight excluding hydrogens is 1420 g/mol. The molecule has 0 rings (SSSR count). The van der Waals surface area contributed by atoms with E-state index in [9.17, 15) is 0 Å². The fourth-order valence-corrected chi connectivity index (χ4v) is 51.1. The van der Waals surface area contributed by atoms with Crippen LogP contribution in [0.4, 0.5) is 0 Å². The molecule has 0 heterocycles. The van der Waals surface area contributed by atoms with Crippen molar-refractivity contribution >= 4 is 110 Å². The summed E-state index contributed by atoms with van der Waals surface area (Å²) in [6, 6.07) is 0. The van der Waals surface area contributed by atoms with Crippen LogP contribution in [-0.2, 0) is 156 Å². The van der Waals surface area contributed by atoms with Crippen molar-refractivity contribution in [1.29, 1.82) is 0 Å². The summed E-state index contributed by atoms with van der Waals surface area (Å²) in [4.78, 5) is 0. The largest absolute Gasteiger partial charge is 2.00 e. The first kappa shape index (κ1) is 115. The number of rotatable bonds is 3. The number of hydrogen-bond donors (Lipinski definition) is 0. The Bertz CT molecular complexity index is 1190. The van der Waals surface area contributed by atoms with Crippen LogP contribution in [0.25, 0.3) is 0 Å². The first-order chi connectivity index (χ1) is 31.7. The van der Waals surface area contributed by atoms with Crippen LogP contribution in [0.5, 0.6) is 0 Å². The molecule has 0 aromatic heterocycles. The fourth-order valence-electron chi connectivity index (χ4n) is 17.4. The third-order valence-electron chi connectivity index (χ3n) is 16.8. The van der Waals surface area contributed by atoms with Crippen LogP contribution in [0, 0.1) is 0 Å². The molecule has 16 heteroatoms. The van der Waals surface area contributed by atoms with Crippen LogP contribution < -0.4 is 0 Å². The summed E-state index contributed by atoms with van der Waals surface area (Å²) in [6.45, 7) is 109. The van der Waals surface area contributed by atoms with E-state index < -0.39 is 36.1 Å². The van der Waals surface area contributed by atoms with E-state index in [0.717, 1.165) is 0 Å². The second kappa shape index (κ2) is 37.8. The van der Waals surface area contributed by atoms with E-state index in [0.29, 0.717) is 0 Å². The molecular formula is C66H149Ni5S6Si5-3. The van der Waals surface area contributed by atoms with Crippen molar-refractivity contribution in [2.24, 2.45) is 0 Å². The maximum absolute atomic E-state index is 6.15. The summed E-state index contributed by atoms with van der Waals surface area (Å²) < 4.78 is 0. The Morgan fingerprint density at radius 3 is 0.244 bits per heavy atom. The first-order valence-electron chi connectivity index (χ1n) is 30.2. The third kappa shape index (κ3) is 29.7. The van der Waals surface area contributed by atoms with Gasteiger partial charge in [-0.2, -0.15) is 0 Å². The number of hydrogen-bond acceptors (Lipinski definition) is 5. The van der Waals surface area contributed by atoms with Crippen molar-refractivity contribution in [3.8, 4) is 0 Å². The third-order valence-corrected chi connectivity index (χ3v) is 76.0. The van der Waals surface area contributed by atoms with Crippen LogP contribution in [0.2, 0.25) is 75.6 Å². The second-order valence-corrected chi connectivity index (χ2v) is 77.4. The Morgan fingerprint density at radius 2 is 0.232 bits per heavy atom. The van der Waals surface area contributed by atoms with E-state index in [-0.39, 0.29) is 172 Å². The van der Waals surface area contributed by atoms with E-state index in [2.05, 4.69) is 325 Å². The van der Waals surface area contributed by atoms with Crippen LogP contribution in [0.3, 0.4) is 0 Å². The van der Waals surface area contributed by atoms with Crippen LogP contribution in [-0.4, -0.2) is 36.1 Å². The Balaban J connectivity index is -0.0000000715. The van der Waals surface area contributed by atoms with Gasteiger partial charge in [0.25, 0.3) is 0 Å². The van der Waals surface area contributed by atoms with Gasteiger partial charge in [0, 0.05) is 49.5 Å². The molecule has 0 unspecified atom stereocenters. The Kier molecular flexibility index (Phi) is 53.0. The minimum atomic E-state index is -1.77. The summed E-state index contributed by atoms with van der Waals surface area (Å²) in [6.07, 6.45) is 5.54. The van der Waals surface area contributed by atoms with Gasteiger partial charge < -0.3 is 73.9 Å². The van der Waals surface area contributed by atoms with Crippen molar-refractivity contribution in [2.45, 2.75) is 427 Å². The fraction of sp³-hybridized carbons (Fsp3) is 1.00. The maximum atomic E-state index is 6.15. The molecule has 0 aliphatic carbocycles. The van der Waals surface area contributed by atoms with Crippen LogP contribution in [0.15, 0.2) is 0 Å². The molecule has 0 N–H and O–H groups in total. The molecule has 0 spiro atoms. The first-order valence-corrected chi connectivity index (χ1v) is 45.8. The predicted octanol–water partition coefficient (Wildman–Crippen LogP) is 27.0. The van der Waals surface area contributed by atoms with Gasteiger partial charge in [-0.15, -0.1) is 0 Å². The SMILES string of the molecule is CC(C)(C)[Si]([S-])(C(C)(C)C)C(C)(C)C.CC(C)(C)[Si]([S-])(C(C)(C)C)C(C)(C)C.CC(C)(C)[Si]([S-])(C(C)(C)C)C(C)(C)C.CC(C)(C)[Si]([S-])(C(C)(C)C)C(C)(C)C.CC(C)(C)[Si]([S-])(C(C)(C)C)C(C)(C)C.CCCCCC.[Ni+2].[Ni+2].[Ni].[Ni].[Ni].[S-2]. The summed E-state index contributed by atoms with van der Waals surface area (Å²) in [5.74, 6) is 0. The van der Waals surface area contributed by atoms with Gasteiger partial charge in [0.2, 0.25) is 0 Å². The van der Waals surface area contributed by atoms with E-state index in [1.54, 1.807) is 0 Å². The van der Waals surface area contributed by atoms with Gasteiger partial charge in [-0.25, -0.2) is 0 Å². The Hall–Kier alpha value is 5.65. The van der Waals surface area contributed by atoms with E-state index >= 15 is 0 Å². The number of unbranched alkanes of at least 4 members (excludes halogenated alkanes) is 3. The average molecular weight is 1570 g/mol. The zero-order valence-electron chi connectivity index (χ0n) is 63.9.